The highest BCUT2D eigenvalue weighted by Crippen LogP contribution is 2.43. The number of hydrogen-bond acceptors (Lipinski definition) is 1. The molecule has 1 aliphatic carbocycles. The molecule has 2 aromatic rings. The van der Waals surface area contributed by atoms with Crippen molar-refractivity contribution in [2.24, 2.45) is 5.73 Å². The average molecular weight is 183 g/mol. The second-order valence-electron chi connectivity index (χ2n) is 4.22. The Morgan fingerprint density at radius 2 is 1.64 bits per heavy atom. The molecule has 0 aliphatic heterocycles. The largest absolute Gasteiger partial charge is 0.321 e. The zero-order valence-corrected chi connectivity index (χ0v) is 8.03. The summed E-state index contributed by atoms with van der Waals surface area (Å²) < 4.78 is 0. The lowest BCUT2D eigenvalue weighted by Gasteiger charge is -2.09. The van der Waals surface area contributed by atoms with Crippen molar-refractivity contribution < 1.29 is 0 Å². The van der Waals surface area contributed by atoms with Crippen molar-refractivity contribution in [1.82, 2.24) is 0 Å². The van der Waals surface area contributed by atoms with E-state index in [0.29, 0.717) is 0 Å². The van der Waals surface area contributed by atoms with Gasteiger partial charge in [0.05, 0.1) is 0 Å². The van der Waals surface area contributed by atoms with Crippen LogP contribution in [0.3, 0.4) is 0 Å². The number of hydrogen-bond donors (Lipinski definition) is 1. The molecule has 0 spiro atoms. The first-order valence-electron chi connectivity index (χ1n) is 5.06. The second kappa shape index (κ2) is 2.58. The van der Waals surface area contributed by atoms with E-state index in [1.165, 1.54) is 16.3 Å². The van der Waals surface area contributed by atoms with Gasteiger partial charge < -0.3 is 5.73 Å². The van der Waals surface area contributed by atoms with Crippen molar-refractivity contribution in [3.63, 3.8) is 0 Å². The van der Waals surface area contributed by atoms with Crippen LogP contribution in [0.2, 0.25) is 0 Å². The van der Waals surface area contributed by atoms with Gasteiger partial charge >= 0.3 is 0 Å². The predicted molar refractivity (Wildman–Crippen MR) is 59.0 cm³/mol. The van der Waals surface area contributed by atoms with Crippen molar-refractivity contribution in [3.05, 3.63) is 48.0 Å². The quantitative estimate of drug-likeness (QED) is 0.722. The van der Waals surface area contributed by atoms with Crippen LogP contribution in [0.5, 0.6) is 0 Å². The third kappa shape index (κ3) is 1.13. The molecule has 2 aromatic carbocycles. The maximum atomic E-state index is 6.16. The van der Waals surface area contributed by atoms with Gasteiger partial charge in [-0.05, 0) is 35.2 Å². The molecular weight excluding hydrogens is 170 g/mol. The molecule has 1 nitrogen and oxygen atoms in total. The number of fused-ring (bicyclic) bond motifs is 1. The van der Waals surface area contributed by atoms with Crippen LogP contribution in [0.15, 0.2) is 42.5 Å². The van der Waals surface area contributed by atoms with Crippen LogP contribution in [0.1, 0.15) is 18.4 Å². The van der Waals surface area contributed by atoms with Gasteiger partial charge in [0.15, 0.2) is 0 Å². The molecule has 70 valence electrons. The number of benzene rings is 2. The molecule has 0 bridgehead atoms. The van der Waals surface area contributed by atoms with Gasteiger partial charge in [-0.1, -0.05) is 36.4 Å². The Kier molecular flexibility index (Phi) is 1.48. The van der Waals surface area contributed by atoms with Gasteiger partial charge in [0.25, 0.3) is 0 Å². The van der Waals surface area contributed by atoms with Crippen LogP contribution in [-0.2, 0) is 5.54 Å². The lowest BCUT2D eigenvalue weighted by atomic mass is 10.0. The monoisotopic (exact) mass is 183 g/mol. The average Bonchev–Trinajstić information content (AvgIpc) is 2.97. The van der Waals surface area contributed by atoms with Crippen molar-refractivity contribution >= 4 is 10.8 Å². The molecule has 1 saturated carbocycles. The third-order valence-electron chi connectivity index (χ3n) is 3.11. The van der Waals surface area contributed by atoms with Crippen molar-refractivity contribution in [3.8, 4) is 0 Å². The molecule has 0 unspecified atom stereocenters. The molecule has 0 heterocycles. The first-order valence-corrected chi connectivity index (χ1v) is 5.06. The summed E-state index contributed by atoms with van der Waals surface area (Å²) in [5, 5.41) is 2.59. The molecule has 3 rings (SSSR count). The van der Waals surface area contributed by atoms with Crippen molar-refractivity contribution in [2.75, 3.05) is 0 Å². The summed E-state index contributed by atoms with van der Waals surface area (Å²) in [7, 11) is 0. The first kappa shape index (κ1) is 8.01. The SMILES string of the molecule is NC1(c2ccc3ccccc3c2)CC1. The van der Waals surface area contributed by atoms with E-state index in [4.69, 9.17) is 5.73 Å². The minimum atomic E-state index is -0.00989. The zero-order valence-electron chi connectivity index (χ0n) is 8.03. The number of nitrogens with two attached hydrogens (primary N) is 1. The normalized spacial score (nSPS) is 18.4. The van der Waals surface area contributed by atoms with Crippen LogP contribution in [0.4, 0.5) is 0 Å². The highest BCUT2D eigenvalue weighted by molar-refractivity contribution is 5.83. The van der Waals surface area contributed by atoms with E-state index in [2.05, 4.69) is 42.5 Å². The van der Waals surface area contributed by atoms with Gasteiger partial charge in [-0.15, -0.1) is 0 Å². The molecule has 0 amide bonds. The zero-order chi connectivity index (χ0) is 9.60. The Balaban J connectivity index is 2.20. The van der Waals surface area contributed by atoms with E-state index in [9.17, 15) is 0 Å². The van der Waals surface area contributed by atoms with E-state index < -0.39 is 0 Å². The van der Waals surface area contributed by atoms with E-state index in [1.54, 1.807) is 0 Å². The van der Waals surface area contributed by atoms with E-state index >= 15 is 0 Å². The summed E-state index contributed by atoms with van der Waals surface area (Å²) in [5.74, 6) is 0. The topological polar surface area (TPSA) is 26.0 Å². The van der Waals surface area contributed by atoms with Gasteiger partial charge in [-0.3, -0.25) is 0 Å². The fourth-order valence-corrected chi connectivity index (χ4v) is 1.92. The van der Waals surface area contributed by atoms with E-state index in [1.807, 2.05) is 0 Å². The van der Waals surface area contributed by atoms with Crippen LogP contribution >= 0.6 is 0 Å². The maximum Gasteiger partial charge on any atom is 0.0411 e. The molecule has 1 heteroatoms. The van der Waals surface area contributed by atoms with Gasteiger partial charge in [-0.2, -0.15) is 0 Å². The minimum Gasteiger partial charge on any atom is -0.321 e. The Labute approximate surface area is 83.5 Å². The summed E-state index contributed by atoms with van der Waals surface area (Å²) >= 11 is 0. The summed E-state index contributed by atoms with van der Waals surface area (Å²) in [6.07, 6.45) is 2.26. The molecule has 0 radical (unpaired) electrons. The van der Waals surface area contributed by atoms with E-state index in [0.717, 1.165) is 12.8 Å². The highest BCUT2D eigenvalue weighted by Gasteiger charge is 2.39. The number of rotatable bonds is 1. The Morgan fingerprint density at radius 1 is 0.929 bits per heavy atom. The van der Waals surface area contributed by atoms with Crippen LogP contribution < -0.4 is 5.73 Å². The summed E-state index contributed by atoms with van der Waals surface area (Å²) in [4.78, 5) is 0. The van der Waals surface area contributed by atoms with Gasteiger partial charge in [0, 0.05) is 5.54 Å². The van der Waals surface area contributed by atoms with Crippen molar-refractivity contribution in [2.45, 2.75) is 18.4 Å². The predicted octanol–water partition coefficient (Wildman–Crippen LogP) is 2.79. The fourth-order valence-electron chi connectivity index (χ4n) is 1.92. The Morgan fingerprint density at radius 3 is 2.36 bits per heavy atom. The third-order valence-corrected chi connectivity index (χ3v) is 3.11. The van der Waals surface area contributed by atoms with Gasteiger partial charge in [-0.25, -0.2) is 0 Å². The van der Waals surface area contributed by atoms with Gasteiger partial charge in [0.1, 0.15) is 0 Å². The molecule has 1 fully saturated rings. The molecular formula is C13H13N. The molecule has 0 saturated heterocycles. The maximum absolute atomic E-state index is 6.16. The van der Waals surface area contributed by atoms with Crippen molar-refractivity contribution in [1.29, 1.82) is 0 Å². The van der Waals surface area contributed by atoms with Crippen LogP contribution in [0.25, 0.3) is 10.8 Å². The molecule has 2 N–H and O–H groups in total. The molecule has 14 heavy (non-hydrogen) atoms. The summed E-state index contributed by atoms with van der Waals surface area (Å²) in [6, 6.07) is 15.0. The van der Waals surface area contributed by atoms with Crippen LogP contribution in [-0.4, -0.2) is 0 Å². The second-order valence-corrected chi connectivity index (χ2v) is 4.22. The molecule has 0 aromatic heterocycles. The smallest absolute Gasteiger partial charge is 0.0411 e. The summed E-state index contributed by atoms with van der Waals surface area (Å²) in [5.41, 5.74) is 7.44. The molecule has 0 atom stereocenters. The standard InChI is InChI=1S/C13H13N/c14-13(7-8-13)12-6-5-10-3-1-2-4-11(10)9-12/h1-6,9H,7-8,14H2. The lowest BCUT2D eigenvalue weighted by Crippen LogP contribution is -2.18. The summed E-state index contributed by atoms with van der Waals surface area (Å²) in [6.45, 7) is 0. The van der Waals surface area contributed by atoms with Crippen LogP contribution in [0, 0.1) is 0 Å². The van der Waals surface area contributed by atoms with Gasteiger partial charge in [0.2, 0.25) is 0 Å². The minimum absolute atomic E-state index is 0.00989. The highest BCUT2D eigenvalue weighted by atomic mass is 14.8. The lowest BCUT2D eigenvalue weighted by molar-refractivity contribution is 0.741. The van der Waals surface area contributed by atoms with E-state index in [-0.39, 0.29) is 5.54 Å². The first-order chi connectivity index (χ1) is 6.78. The fraction of sp³-hybridized carbons (Fsp3) is 0.231. The Bertz CT molecular complexity index is 483. The Hall–Kier alpha value is -1.34. The molecule has 1 aliphatic rings.